The van der Waals surface area contributed by atoms with Crippen LogP contribution in [-0.4, -0.2) is 29.5 Å². The Morgan fingerprint density at radius 2 is 1.83 bits per heavy atom. The van der Waals surface area contributed by atoms with E-state index in [-0.39, 0.29) is 24.2 Å². The molecule has 0 bridgehead atoms. The lowest BCUT2D eigenvalue weighted by Crippen LogP contribution is -2.47. The molecule has 1 saturated carbocycles. The summed E-state index contributed by atoms with van der Waals surface area (Å²) < 4.78 is 18.7. The van der Waals surface area contributed by atoms with Crippen LogP contribution in [0.2, 0.25) is 0 Å². The standard InChI is InChI=1S/C18H23FN2O3/c1-24-15-8-7-13(11-14(15)19)12-21-16(22)18(20-17(21)23)9-5-3-2-4-6-10-18/h7-8,11H,2-6,9-10,12H2,1H3,(H,20,23). The second kappa shape index (κ2) is 6.79. The highest BCUT2D eigenvalue weighted by Gasteiger charge is 2.50. The third kappa shape index (κ3) is 3.09. The van der Waals surface area contributed by atoms with E-state index < -0.39 is 11.4 Å². The first-order valence-corrected chi connectivity index (χ1v) is 8.52. The van der Waals surface area contributed by atoms with Gasteiger partial charge in [0.1, 0.15) is 5.54 Å². The van der Waals surface area contributed by atoms with Crippen LogP contribution in [-0.2, 0) is 11.3 Å². The van der Waals surface area contributed by atoms with Crippen LogP contribution < -0.4 is 10.1 Å². The van der Waals surface area contributed by atoms with E-state index in [0.29, 0.717) is 18.4 Å². The number of carbonyl (C=O) groups is 2. The third-order valence-corrected chi connectivity index (χ3v) is 5.01. The SMILES string of the molecule is COc1ccc(CN2C(=O)NC3(CCCCCCC3)C2=O)cc1F. The Morgan fingerprint density at radius 1 is 1.17 bits per heavy atom. The Hall–Kier alpha value is -2.11. The van der Waals surface area contributed by atoms with Gasteiger partial charge in [0, 0.05) is 0 Å². The van der Waals surface area contributed by atoms with Crippen LogP contribution in [0.4, 0.5) is 9.18 Å². The van der Waals surface area contributed by atoms with Crippen molar-refractivity contribution < 1.29 is 18.7 Å². The van der Waals surface area contributed by atoms with Crippen LogP contribution in [0.25, 0.3) is 0 Å². The van der Waals surface area contributed by atoms with E-state index in [1.807, 2.05) is 0 Å². The summed E-state index contributed by atoms with van der Waals surface area (Å²) in [5, 5.41) is 2.91. The number of hydrogen-bond acceptors (Lipinski definition) is 3. The van der Waals surface area contributed by atoms with Gasteiger partial charge < -0.3 is 10.1 Å². The highest BCUT2D eigenvalue weighted by Crippen LogP contribution is 2.33. The molecule has 1 aromatic rings. The number of rotatable bonds is 3. The van der Waals surface area contributed by atoms with Gasteiger partial charge in [0.15, 0.2) is 11.6 Å². The van der Waals surface area contributed by atoms with Crippen LogP contribution >= 0.6 is 0 Å². The van der Waals surface area contributed by atoms with Crippen molar-refractivity contribution >= 4 is 11.9 Å². The summed E-state index contributed by atoms with van der Waals surface area (Å²) in [6.07, 6.45) is 6.63. The minimum atomic E-state index is -0.761. The van der Waals surface area contributed by atoms with Gasteiger partial charge in [-0.25, -0.2) is 9.18 Å². The van der Waals surface area contributed by atoms with Crippen LogP contribution in [0.3, 0.4) is 0 Å². The van der Waals surface area contributed by atoms with E-state index in [9.17, 15) is 14.0 Å². The molecule has 3 amide bonds. The maximum absolute atomic E-state index is 13.8. The smallest absolute Gasteiger partial charge is 0.325 e. The van der Waals surface area contributed by atoms with Crippen molar-refractivity contribution in [3.05, 3.63) is 29.6 Å². The number of imide groups is 1. The molecule has 2 fully saturated rings. The Bertz CT molecular complexity index is 639. The van der Waals surface area contributed by atoms with Crippen molar-refractivity contribution in [2.24, 2.45) is 0 Å². The van der Waals surface area contributed by atoms with Crippen LogP contribution in [0.15, 0.2) is 18.2 Å². The summed E-state index contributed by atoms with van der Waals surface area (Å²) in [5.41, 5.74) is -0.192. The molecule has 1 aliphatic carbocycles. The van der Waals surface area contributed by atoms with Crippen molar-refractivity contribution in [1.29, 1.82) is 0 Å². The summed E-state index contributed by atoms with van der Waals surface area (Å²) in [6.45, 7) is 0.0767. The van der Waals surface area contributed by atoms with Gasteiger partial charge in [-0.1, -0.05) is 38.2 Å². The number of ether oxygens (including phenoxy) is 1. The monoisotopic (exact) mass is 334 g/mol. The van der Waals surface area contributed by atoms with E-state index in [2.05, 4.69) is 5.32 Å². The molecule has 1 aromatic carbocycles. The lowest BCUT2D eigenvalue weighted by Gasteiger charge is -2.28. The zero-order valence-corrected chi connectivity index (χ0v) is 13.9. The first kappa shape index (κ1) is 16.7. The maximum atomic E-state index is 13.8. The third-order valence-electron chi connectivity index (χ3n) is 5.01. The van der Waals surface area contributed by atoms with Crippen LogP contribution in [0.5, 0.6) is 5.75 Å². The number of nitrogens with one attached hydrogen (secondary N) is 1. The van der Waals surface area contributed by atoms with E-state index in [4.69, 9.17) is 4.74 Å². The van der Waals surface area contributed by atoms with Gasteiger partial charge >= 0.3 is 6.03 Å². The number of carbonyl (C=O) groups excluding carboxylic acids is 2. The summed E-state index contributed by atoms with van der Waals surface area (Å²) in [6, 6.07) is 4.11. The highest BCUT2D eigenvalue weighted by atomic mass is 19.1. The van der Waals surface area contributed by atoms with E-state index >= 15 is 0 Å². The van der Waals surface area contributed by atoms with Crippen molar-refractivity contribution in [3.63, 3.8) is 0 Å². The fraction of sp³-hybridized carbons (Fsp3) is 0.556. The van der Waals surface area contributed by atoms with Crippen molar-refractivity contribution in [3.8, 4) is 5.75 Å². The molecule has 24 heavy (non-hydrogen) atoms. The fourth-order valence-corrected chi connectivity index (χ4v) is 3.66. The van der Waals surface area contributed by atoms with E-state index in [1.54, 1.807) is 6.07 Å². The second-order valence-electron chi connectivity index (χ2n) is 6.64. The predicted molar refractivity (Wildman–Crippen MR) is 87.1 cm³/mol. The molecule has 5 nitrogen and oxygen atoms in total. The minimum absolute atomic E-state index is 0.0767. The zero-order chi connectivity index (χ0) is 17.2. The molecule has 0 atom stereocenters. The summed E-state index contributed by atoms with van der Waals surface area (Å²) >= 11 is 0. The molecule has 6 heteroatoms. The zero-order valence-electron chi connectivity index (χ0n) is 13.9. The predicted octanol–water partition coefficient (Wildman–Crippen LogP) is 3.37. The van der Waals surface area contributed by atoms with Crippen molar-refractivity contribution in [2.75, 3.05) is 7.11 Å². The van der Waals surface area contributed by atoms with Gasteiger partial charge in [-0.15, -0.1) is 0 Å². The molecule has 0 aromatic heterocycles. The van der Waals surface area contributed by atoms with E-state index in [1.165, 1.54) is 30.6 Å². The number of nitrogens with zero attached hydrogens (tertiary/aromatic N) is 1. The van der Waals surface area contributed by atoms with Crippen molar-refractivity contribution in [2.45, 2.75) is 57.0 Å². The van der Waals surface area contributed by atoms with Gasteiger partial charge in [-0.05, 0) is 30.5 Å². The van der Waals surface area contributed by atoms with Gasteiger partial charge in [-0.3, -0.25) is 9.69 Å². The second-order valence-corrected chi connectivity index (χ2v) is 6.64. The first-order chi connectivity index (χ1) is 11.6. The average molecular weight is 334 g/mol. The van der Waals surface area contributed by atoms with Gasteiger partial charge in [0.2, 0.25) is 0 Å². The Labute approximate surface area is 141 Å². The average Bonchev–Trinajstić information content (AvgIpc) is 2.76. The van der Waals surface area contributed by atoms with Crippen LogP contribution in [0, 0.1) is 5.82 Å². The molecule has 130 valence electrons. The molecule has 1 saturated heterocycles. The molecule has 3 rings (SSSR count). The number of amides is 3. The quantitative estimate of drug-likeness (QED) is 0.862. The fourth-order valence-electron chi connectivity index (χ4n) is 3.66. The molecule has 2 aliphatic rings. The lowest BCUT2D eigenvalue weighted by molar-refractivity contribution is -0.132. The Balaban J connectivity index is 1.77. The van der Waals surface area contributed by atoms with Crippen LogP contribution in [0.1, 0.15) is 50.5 Å². The first-order valence-electron chi connectivity index (χ1n) is 8.52. The maximum Gasteiger partial charge on any atom is 0.325 e. The van der Waals surface area contributed by atoms with Gasteiger partial charge in [-0.2, -0.15) is 0 Å². The summed E-state index contributed by atoms with van der Waals surface area (Å²) in [7, 11) is 1.40. The van der Waals surface area contributed by atoms with E-state index in [0.717, 1.165) is 25.7 Å². The number of methoxy groups -OCH3 is 1. The number of urea groups is 1. The van der Waals surface area contributed by atoms with Crippen molar-refractivity contribution in [1.82, 2.24) is 10.2 Å². The number of benzene rings is 1. The molecule has 1 N–H and O–H groups in total. The Morgan fingerprint density at radius 3 is 2.46 bits per heavy atom. The lowest BCUT2D eigenvalue weighted by atomic mass is 9.84. The molecular weight excluding hydrogens is 311 g/mol. The highest BCUT2D eigenvalue weighted by molar-refractivity contribution is 6.07. The largest absolute Gasteiger partial charge is 0.494 e. The van der Waals surface area contributed by atoms with Gasteiger partial charge in [0.05, 0.1) is 13.7 Å². The molecular formula is C18H23FN2O3. The molecule has 1 aliphatic heterocycles. The minimum Gasteiger partial charge on any atom is -0.494 e. The normalized spacial score (nSPS) is 20.7. The molecule has 0 unspecified atom stereocenters. The van der Waals surface area contributed by atoms with Gasteiger partial charge in [0.25, 0.3) is 5.91 Å². The Kier molecular flexibility index (Phi) is 4.73. The number of halogens is 1. The summed E-state index contributed by atoms with van der Waals surface area (Å²) in [4.78, 5) is 26.4. The number of hydrogen-bond donors (Lipinski definition) is 1. The topological polar surface area (TPSA) is 58.6 Å². The summed E-state index contributed by atoms with van der Waals surface area (Å²) in [5.74, 6) is -0.527. The molecule has 1 heterocycles. The molecule has 1 spiro atoms. The molecule has 0 radical (unpaired) electrons.